The Labute approximate surface area is 168 Å². The molecule has 0 bridgehead atoms. The van der Waals surface area contributed by atoms with E-state index < -0.39 is 11.9 Å². The summed E-state index contributed by atoms with van der Waals surface area (Å²) >= 11 is 0. The first kappa shape index (κ1) is 17.6. The van der Waals surface area contributed by atoms with E-state index in [4.69, 9.17) is 14.2 Å². The highest BCUT2D eigenvalue weighted by molar-refractivity contribution is 5.78. The van der Waals surface area contributed by atoms with Crippen LogP contribution in [-0.4, -0.2) is 25.0 Å². The van der Waals surface area contributed by atoms with Gasteiger partial charge in [-0.25, -0.2) is 0 Å². The summed E-state index contributed by atoms with van der Waals surface area (Å²) in [5.41, 5.74) is 3.84. The second-order valence-corrected chi connectivity index (χ2v) is 7.30. The summed E-state index contributed by atoms with van der Waals surface area (Å²) in [5, 5.41) is 10.3. The number of para-hydroxylation sites is 1. The van der Waals surface area contributed by atoms with E-state index in [0.717, 1.165) is 22.3 Å². The Bertz CT molecular complexity index is 1090. The van der Waals surface area contributed by atoms with Crippen molar-refractivity contribution in [2.24, 2.45) is 5.92 Å². The van der Waals surface area contributed by atoms with Gasteiger partial charge in [0.1, 0.15) is 5.75 Å². The van der Waals surface area contributed by atoms with Gasteiger partial charge in [-0.2, -0.15) is 0 Å². The van der Waals surface area contributed by atoms with Crippen molar-refractivity contribution in [1.29, 1.82) is 0 Å². The zero-order chi connectivity index (χ0) is 20.0. The normalized spacial score (nSPS) is 21.6. The predicted octanol–water partition coefficient (Wildman–Crippen LogP) is 4.40. The van der Waals surface area contributed by atoms with Crippen LogP contribution in [0.2, 0.25) is 0 Å². The average molecular weight is 388 g/mol. The maximum absolute atomic E-state index is 12.6. The minimum Gasteiger partial charge on any atom is -0.496 e. The molecule has 1 aliphatic heterocycles. The van der Waals surface area contributed by atoms with E-state index >= 15 is 0 Å². The highest BCUT2D eigenvalue weighted by Crippen LogP contribution is 2.54. The second kappa shape index (κ2) is 6.85. The first-order valence-corrected chi connectivity index (χ1v) is 9.53. The Morgan fingerprint density at radius 3 is 2.28 bits per heavy atom. The van der Waals surface area contributed by atoms with E-state index in [-0.39, 0.29) is 18.6 Å². The molecule has 5 rings (SSSR count). The highest BCUT2D eigenvalue weighted by atomic mass is 16.7. The van der Waals surface area contributed by atoms with Crippen LogP contribution in [-0.2, 0) is 4.79 Å². The monoisotopic (exact) mass is 388 g/mol. The van der Waals surface area contributed by atoms with Gasteiger partial charge in [-0.15, -0.1) is 0 Å². The number of benzene rings is 3. The number of carboxylic acids is 1. The van der Waals surface area contributed by atoms with Crippen molar-refractivity contribution in [2.75, 3.05) is 13.9 Å². The minimum absolute atomic E-state index is 0.187. The Kier molecular flexibility index (Phi) is 4.16. The summed E-state index contributed by atoms with van der Waals surface area (Å²) in [6, 6.07) is 21.3. The van der Waals surface area contributed by atoms with E-state index in [2.05, 4.69) is 0 Å². The fourth-order valence-electron chi connectivity index (χ4n) is 4.72. The molecule has 1 N–H and O–H groups in total. The topological polar surface area (TPSA) is 65.0 Å². The molecule has 3 aromatic carbocycles. The largest absolute Gasteiger partial charge is 0.496 e. The summed E-state index contributed by atoms with van der Waals surface area (Å²) in [4.78, 5) is 12.6. The first-order valence-electron chi connectivity index (χ1n) is 9.53. The molecule has 0 saturated heterocycles. The second-order valence-electron chi connectivity index (χ2n) is 7.30. The van der Waals surface area contributed by atoms with E-state index in [9.17, 15) is 9.90 Å². The average Bonchev–Trinajstić information content (AvgIpc) is 3.35. The van der Waals surface area contributed by atoms with Crippen LogP contribution < -0.4 is 14.2 Å². The van der Waals surface area contributed by atoms with Gasteiger partial charge in [-0.3, -0.25) is 4.79 Å². The summed E-state index contributed by atoms with van der Waals surface area (Å²) in [5.74, 6) is -0.0600. The number of fused-ring (bicyclic) bond motifs is 2. The van der Waals surface area contributed by atoms with Gasteiger partial charge in [0.15, 0.2) is 11.5 Å². The number of aliphatic carboxylic acids is 1. The molecule has 0 saturated carbocycles. The van der Waals surface area contributed by atoms with Gasteiger partial charge in [0.05, 0.1) is 13.0 Å². The molecule has 1 heterocycles. The lowest BCUT2D eigenvalue weighted by atomic mass is 9.79. The SMILES string of the molecule is COc1ccccc1C1c2ccccc2C(c2ccc3c(c2)OCO3)C1C(=O)O. The van der Waals surface area contributed by atoms with Crippen molar-refractivity contribution in [3.63, 3.8) is 0 Å². The molecule has 3 unspecified atom stereocenters. The molecule has 1 aliphatic carbocycles. The van der Waals surface area contributed by atoms with Crippen LogP contribution in [0.15, 0.2) is 66.7 Å². The van der Waals surface area contributed by atoms with Crippen LogP contribution in [0.3, 0.4) is 0 Å². The lowest BCUT2D eigenvalue weighted by Gasteiger charge is -2.24. The number of methoxy groups -OCH3 is 1. The number of carboxylic acid groups (broad SMARTS) is 1. The molecule has 5 nitrogen and oxygen atoms in total. The molecule has 0 aromatic heterocycles. The van der Waals surface area contributed by atoms with Gasteiger partial charge < -0.3 is 19.3 Å². The highest BCUT2D eigenvalue weighted by Gasteiger charge is 2.47. The van der Waals surface area contributed by atoms with Crippen molar-refractivity contribution < 1.29 is 24.1 Å². The zero-order valence-electron chi connectivity index (χ0n) is 15.9. The van der Waals surface area contributed by atoms with Crippen molar-refractivity contribution >= 4 is 5.97 Å². The van der Waals surface area contributed by atoms with Crippen molar-refractivity contribution in [3.8, 4) is 17.2 Å². The summed E-state index contributed by atoms with van der Waals surface area (Å²) in [6.07, 6.45) is 0. The fraction of sp³-hybridized carbons (Fsp3) is 0.208. The van der Waals surface area contributed by atoms with Gasteiger partial charge in [-0.05, 0) is 34.9 Å². The van der Waals surface area contributed by atoms with Crippen LogP contribution in [0, 0.1) is 5.92 Å². The smallest absolute Gasteiger partial charge is 0.308 e. The predicted molar refractivity (Wildman–Crippen MR) is 107 cm³/mol. The molecule has 2 aliphatic rings. The Balaban J connectivity index is 1.71. The molecule has 3 atom stereocenters. The van der Waals surface area contributed by atoms with Crippen LogP contribution in [0.1, 0.15) is 34.1 Å². The standard InChI is InChI=1S/C24H20O5/c1-27-18-9-5-4-8-17(18)22-16-7-3-2-6-15(16)21(23(22)24(25)26)14-10-11-19-20(12-14)29-13-28-19/h2-12,21-23H,13H2,1H3,(H,25,26). The van der Waals surface area contributed by atoms with Crippen LogP contribution in [0.5, 0.6) is 17.2 Å². The van der Waals surface area contributed by atoms with Crippen molar-refractivity contribution in [2.45, 2.75) is 11.8 Å². The number of hydrogen-bond donors (Lipinski definition) is 1. The van der Waals surface area contributed by atoms with Crippen LogP contribution in [0.4, 0.5) is 0 Å². The Hall–Kier alpha value is -3.47. The maximum atomic E-state index is 12.6. The number of hydrogen-bond acceptors (Lipinski definition) is 4. The third-order valence-corrected chi connectivity index (χ3v) is 5.90. The minimum atomic E-state index is -0.834. The quantitative estimate of drug-likeness (QED) is 0.718. The van der Waals surface area contributed by atoms with Gasteiger partial charge >= 0.3 is 5.97 Å². The summed E-state index contributed by atoms with van der Waals surface area (Å²) in [6.45, 7) is 0.187. The Morgan fingerprint density at radius 1 is 0.897 bits per heavy atom. The van der Waals surface area contributed by atoms with Crippen LogP contribution in [0.25, 0.3) is 0 Å². The number of carbonyl (C=O) groups is 1. The van der Waals surface area contributed by atoms with E-state index in [1.807, 2.05) is 66.7 Å². The zero-order valence-corrected chi connectivity index (χ0v) is 15.9. The molecule has 0 amide bonds. The lowest BCUT2D eigenvalue weighted by molar-refractivity contribution is -0.142. The van der Waals surface area contributed by atoms with Gasteiger partial charge in [-0.1, -0.05) is 48.5 Å². The molecule has 0 spiro atoms. The van der Waals surface area contributed by atoms with Gasteiger partial charge in [0, 0.05) is 17.4 Å². The summed E-state index contributed by atoms with van der Waals surface area (Å²) in [7, 11) is 1.62. The third-order valence-electron chi connectivity index (χ3n) is 5.90. The van der Waals surface area contributed by atoms with Gasteiger partial charge in [0.2, 0.25) is 6.79 Å². The van der Waals surface area contributed by atoms with Crippen molar-refractivity contribution in [3.05, 3.63) is 89.0 Å². The lowest BCUT2D eigenvalue weighted by Crippen LogP contribution is -2.24. The van der Waals surface area contributed by atoms with E-state index in [1.165, 1.54) is 0 Å². The Morgan fingerprint density at radius 2 is 1.55 bits per heavy atom. The van der Waals surface area contributed by atoms with Gasteiger partial charge in [0.25, 0.3) is 0 Å². The van der Waals surface area contributed by atoms with Crippen LogP contribution >= 0.6 is 0 Å². The van der Waals surface area contributed by atoms with E-state index in [0.29, 0.717) is 17.2 Å². The molecular weight excluding hydrogens is 368 g/mol. The third kappa shape index (κ3) is 2.73. The number of ether oxygens (including phenoxy) is 3. The van der Waals surface area contributed by atoms with Crippen molar-refractivity contribution in [1.82, 2.24) is 0 Å². The molecule has 0 radical (unpaired) electrons. The molecule has 0 fully saturated rings. The number of rotatable bonds is 4. The molecule has 3 aromatic rings. The summed E-state index contributed by atoms with van der Waals surface area (Å²) < 4.78 is 16.5. The van der Waals surface area contributed by atoms with E-state index in [1.54, 1.807) is 7.11 Å². The molecule has 5 heteroatoms. The molecular formula is C24H20O5. The molecule has 146 valence electrons. The fourth-order valence-corrected chi connectivity index (χ4v) is 4.72. The first-order chi connectivity index (χ1) is 14.2. The maximum Gasteiger partial charge on any atom is 0.308 e. The molecule has 29 heavy (non-hydrogen) atoms.